The fourth-order valence-corrected chi connectivity index (χ4v) is 12.3. The largest absolute Gasteiger partial charge is 0.478 e. The number of nitrogens with one attached hydrogen (secondary N) is 2. The van der Waals surface area contributed by atoms with Crippen LogP contribution in [0.3, 0.4) is 0 Å². The highest BCUT2D eigenvalue weighted by Crippen LogP contribution is 2.35. The first-order valence-corrected chi connectivity index (χ1v) is 38.3. The molecule has 3 aliphatic heterocycles. The summed E-state index contributed by atoms with van der Waals surface area (Å²) < 4.78 is 100. The number of rotatable bonds is 19. The lowest BCUT2D eigenvalue weighted by Gasteiger charge is -2.22. The quantitative estimate of drug-likeness (QED) is 0.0123. The van der Waals surface area contributed by atoms with Gasteiger partial charge < -0.3 is 58.6 Å². The van der Waals surface area contributed by atoms with Gasteiger partial charge in [0.1, 0.15) is 69.4 Å². The molecule has 3 aromatic heterocycles. The first-order valence-electron chi connectivity index (χ1n) is 34.4. The summed E-state index contributed by atoms with van der Waals surface area (Å²) in [6, 6.07) is 21.2. The number of nitrogens with two attached hydrogens (primary N) is 5. The first-order chi connectivity index (χ1) is 53.1. The Bertz CT molecular complexity index is 4780. The zero-order valence-corrected chi connectivity index (χ0v) is 63.4. The van der Waals surface area contributed by atoms with E-state index in [-0.39, 0.29) is 99.6 Å². The monoisotopic (exact) mass is 1620 g/mol. The summed E-state index contributed by atoms with van der Waals surface area (Å²) in [6.45, 7) is 10.4. The molecule has 0 saturated carbocycles. The van der Waals surface area contributed by atoms with Gasteiger partial charge in [0.15, 0.2) is 0 Å². The normalized spacial score (nSPS) is 14.3. The Morgan fingerprint density at radius 3 is 1.15 bits per heavy atom. The van der Waals surface area contributed by atoms with Gasteiger partial charge in [-0.2, -0.15) is 0 Å². The van der Waals surface area contributed by atoms with E-state index in [2.05, 4.69) is 80.6 Å². The maximum absolute atomic E-state index is 15.1. The lowest BCUT2D eigenvalue weighted by atomic mass is 9.96. The number of hydrogen-bond acceptors (Lipinski definition) is 19. The van der Waals surface area contributed by atoms with Crippen LogP contribution in [0.5, 0.6) is 0 Å². The zero-order valence-electron chi connectivity index (χ0n) is 60.2. The van der Waals surface area contributed by atoms with Gasteiger partial charge in [-0.05, 0) is 177 Å². The lowest BCUT2D eigenvalue weighted by molar-refractivity contribution is 0.0691. The molecule has 2 amide bonds. The number of halogens is 9. The van der Waals surface area contributed by atoms with Gasteiger partial charge in [-0.25, -0.2) is 61.0 Å². The van der Waals surface area contributed by atoms with Crippen LogP contribution in [0.4, 0.5) is 43.8 Å². The average molecular weight is 1630 g/mol. The molecule has 0 radical (unpaired) electrons. The molecule has 3 atom stereocenters. The van der Waals surface area contributed by atoms with Gasteiger partial charge in [-0.1, -0.05) is 70.7 Å². The Hall–Kier alpha value is -10.3. The van der Waals surface area contributed by atoms with Gasteiger partial charge in [0.05, 0.1) is 71.0 Å². The number of carbonyl (C=O) groups is 3. The van der Waals surface area contributed by atoms with Crippen molar-refractivity contribution in [1.82, 2.24) is 40.5 Å². The van der Waals surface area contributed by atoms with Crippen molar-refractivity contribution in [3.8, 4) is 33.8 Å². The Kier molecular flexibility index (Phi) is 34.5. The van der Waals surface area contributed by atoms with Crippen molar-refractivity contribution >= 4 is 78.0 Å². The number of anilines is 3. The maximum atomic E-state index is 15.1. The van der Waals surface area contributed by atoms with E-state index in [1.54, 1.807) is 30.7 Å². The van der Waals surface area contributed by atoms with Gasteiger partial charge >= 0.3 is 5.97 Å². The van der Waals surface area contributed by atoms with Gasteiger partial charge in [0.25, 0.3) is 11.8 Å². The minimum Gasteiger partial charge on any atom is -0.478 e. The van der Waals surface area contributed by atoms with Crippen LogP contribution in [-0.2, 0) is 14.2 Å². The summed E-state index contributed by atoms with van der Waals surface area (Å²) in [4.78, 5) is 68.1. The summed E-state index contributed by atoms with van der Waals surface area (Å²) >= 11 is 17.4. The van der Waals surface area contributed by atoms with Crippen LogP contribution in [0.25, 0.3) is 54.7 Å². The van der Waals surface area contributed by atoms with Crippen molar-refractivity contribution in [2.24, 2.45) is 21.7 Å². The summed E-state index contributed by atoms with van der Waals surface area (Å²) in [5.74, 6) is -5.76. The van der Waals surface area contributed by atoms with E-state index in [0.717, 1.165) is 85.9 Å². The molecule has 3 aliphatic rings. The molecule has 112 heavy (non-hydrogen) atoms. The van der Waals surface area contributed by atoms with Gasteiger partial charge in [0, 0.05) is 118 Å². The molecule has 3 saturated heterocycles. The standard InChI is InChI=1S/C24H22ClF2N7O2.C24H24ClF2N5O2.C16H16FN3O3.C8H8ClFN4.C3H9P.CH4/c25-16-7-15(8-17(26)10-16)21(12-31-34-29)33-24(35)18-2-1-14(9-19(18)27)22-23(28)30-11-20(32-22)13-3-5-36-6-4-13;25-16-7-15(8-17(26)10-16)20(11-28)32-24(33)18-2-1-14(9-19(18)27)22-23(29)30-12-21(31-22)13-3-5-34-6-4-13;17-12-7-10(1-2-11(12)16(21)22)14-15(18)19-8-13(20-14)9-3-5-23-6-4-9;9-6-1-5(2-7(10)3-6)8(11)4-13-14-12;1-4(2)3;/h1-2,7-11,13,21H,3-6,12H2,(H2,28,30)(H,33,35);1-2,7-10,12-13,20H,3-6,11,28H2,(H2,29,30)(H,32,33);1-2,7-9H,3-6H2,(H2,18,19)(H,21,22);1-3,8H,4,11H2;1-3H3;1H4/t21-;20-;;8-;;/m11.1../s1. The van der Waals surface area contributed by atoms with Gasteiger partial charge in [0.2, 0.25) is 0 Å². The third-order valence-corrected chi connectivity index (χ3v) is 17.9. The van der Waals surface area contributed by atoms with E-state index in [1.807, 2.05) is 0 Å². The average Bonchev–Trinajstić information content (AvgIpc) is 0.808. The molecule has 6 heterocycles. The van der Waals surface area contributed by atoms with Crippen LogP contribution in [0, 0.1) is 34.9 Å². The predicted molar refractivity (Wildman–Crippen MR) is 421 cm³/mol. The maximum Gasteiger partial charge on any atom is 0.338 e. The topological polar surface area (TPSA) is 428 Å². The SMILES string of the molecule is C.CP(C)C.NC[C@@H](NC(=O)c1ccc(-c2nc(C3CCOCC3)cnc2N)cc1F)c1cc(F)cc(Cl)c1.Nc1ncc(C2CCOCC2)nc1-c1ccc(C(=O)O)c(F)c1.[N-]=[N+]=NC[C@@H](N)c1cc(F)cc(Cl)c1.[N-]=[N+]=NC[C@@H](NC(=O)c1ccc(-c2nc(C3CCOCC3)cnc2N)cc1F)c1cc(F)cc(Cl)c1. The number of benzene rings is 6. The first kappa shape index (κ1) is 88.9. The highest BCUT2D eigenvalue weighted by Gasteiger charge is 2.27. The Balaban J connectivity index is 0.000000212. The van der Waals surface area contributed by atoms with E-state index in [0.29, 0.717) is 92.5 Å². The second kappa shape index (κ2) is 43.5. The number of carboxylic acid groups (broad SMARTS) is 1. The van der Waals surface area contributed by atoms with Crippen molar-refractivity contribution < 1.29 is 60.0 Å². The number of aromatic carboxylic acids is 1. The van der Waals surface area contributed by atoms with E-state index in [4.69, 9.17) is 93.9 Å². The molecule has 12 rings (SSSR count). The van der Waals surface area contributed by atoms with Crippen LogP contribution in [0.1, 0.15) is 147 Å². The Morgan fingerprint density at radius 2 is 0.830 bits per heavy atom. The molecular weight excluding hydrogens is 1540 g/mol. The number of amides is 2. The minimum absolute atomic E-state index is 0. The Morgan fingerprint density at radius 1 is 0.518 bits per heavy atom. The van der Waals surface area contributed by atoms with E-state index in [9.17, 15) is 36.3 Å². The van der Waals surface area contributed by atoms with E-state index in [1.165, 1.54) is 66.7 Å². The molecule has 6 aromatic carbocycles. The molecule has 36 heteroatoms. The summed E-state index contributed by atoms with van der Waals surface area (Å²) in [5, 5.41) is 21.4. The number of nitrogen functional groups attached to an aromatic ring is 3. The predicted octanol–water partition coefficient (Wildman–Crippen LogP) is 16.6. The van der Waals surface area contributed by atoms with Crippen molar-refractivity contribution in [3.05, 3.63) is 249 Å². The van der Waals surface area contributed by atoms with E-state index < -0.39 is 70.8 Å². The second-order valence-electron chi connectivity index (χ2n) is 25.8. The highest BCUT2D eigenvalue weighted by molar-refractivity contribution is 7.55. The van der Waals surface area contributed by atoms with Gasteiger partial charge in [-0.15, -0.1) is 7.92 Å². The third-order valence-electron chi connectivity index (χ3n) is 17.2. The molecular formula is C76H83Cl3F6N19O7P. The lowest BCUT2D eigenvalue weighted by Crippen LogP contribution is -2.34. The van der Waals surface area contributed by atoms with E-state index >= 15 is 4.39 Å². The molecule has 26 nitrogen and oxygen atoms in total. The number of carboxylic acids is 1. The Labute approximate surface area is 658 Å². The molecule has 0 unspecified atom stereocenters. The molecule has 592 valence electrons. The number of hydrogen-bond donors (Lipinski definition) is 8. The zero-order chi connectivity index (χ0) is 80.4. The number of carbonyl (C=O) groups excluding carboxylic acids is 2. The molecule has 13 N–H and O–H groups in total. The van der Waals surface area contributed by atoms with Crippen molar-refractivity contribution in [1.29, 1.82) is 0 Å². The summed E-state index contributed by atoms with van der Waals surface area (Å²) in [6.07, 6.45) is 9.85. The molecule has 3 fully saturated rings. The van der Waals surface area contributed by atoms with Crippen molar-refractivity contribution in [2.45, 2.75) is 81.8 Å². The van der Waals surface area contributed by atoms with Crippen LogP contribution >= 0.6 is 42.7 Å². The fourth-order valence-electron chi connectivity index (χ4n) is 11.6. The van der Waals surface area contributed by atoms with Crippen LogP contribution < -0.4 is 39.3 Å². The van der Waals surface area contributed by atoms with Crippen LogP contribution in [-0.4, -0.2) is 132 Å². The number of aromatic nitrogens is 6. The fraction of sp³-hybridized carbons (Fsp3) is 0.329. The summed E-state index contributed by atoms with van der Waals surface area (Å²) in [5.41, 5.74) is 50.9. The van der Waals surface area contributed by atoms with Gasteiger partial charge in [-0.3, -0.25) is 9.59 Å². The minimum atomic E-state index is -1.32. The third kappa shape index (κ3) is 25.9. The number of nitrogens with zero attached hydrogens (tertiary/aromatic N) is 12. The molecule has 0 bridgehead atoms. The molecule has 0 spiro atoms. The molecule has 0 aliphatic carbocycles. The smallest absolute Gasteiger partial charge is 0.338 e. The molecule has 9 aromatic rings. The van der Waals surface area contributed by atoms with Crippen LogP contribution in [0.15, 0.2) is 138 Å². The second-order valence-corrected chi connectivity index (χ2v) is 29.8. The van der Waals surface area contributed by atoms with Crippen molar-refractivity contribution in [3.63, 3.8) is 0 Å². The number of azide groups is 2. The number of ether oxygens (including phenoxy) is 3. The highest BCUT2D eigenvalue weighted by atomic mass is 35.5. The van der Waals surface area contributed by atoms with Crippen molar-refractivity contribution in [2.75, 3.05) is 96.5 Å². The summed E-state index contributed by atoms with van der Waals surface area (Å²) in [7, 11) is 0.380. The van der Waals surface area contributed by atoms with Crippen LogP contribution in [0.2, 0.25) is 15.1 Å².